The van der Waals surface area contributed by atoms with E-state index in [0.29, 0.717) is 0 Å². The Bertz CT molecular complexity index is 532. The van der Waals surface area contributed by atoms with Gasteiger partial charge in [-0.2, -0.15) is 0 Å². The van der Waals surface area contributed by atoms with Crippen LogP contribution in [-0.2, 0) is 0 Å². The maximum absolute atomic E-state index is 12.2. The number of carbonyl (C=O) groups excluding carboxylic acids is 1. The Morgan fingerprint density at radius 3 is 2.41 bits per heavy atom. The van der Waals surface area contributed by atoms with Crippen molar-refractivity contribution in [3.63, 3.8) is 0 Å². The molecule has 0 amide bonds. The van der Waals surface area contributed by atoms with Crippen LogP contribution in [0.1, 0.15) is 37.0 Å². The van der Waals surface area contributed by atoms with Crippen LogP contribution in [-0.4, -0.2) is 15.8 Å². The van der Waals surface area contributed by atoms with Gasteiger partial charge in [0.2, 0.25) is 0 Å². The predicted molar refractivity (Wildman–Crippen MR) is 67.9 cm³/mol. The van der Waals surface area contributed by atoms with Crippen LogP contribution in [0.15, 0.2) is 30.6 Å². The zero-order chi connectivity index (χ0) is 12.3. The fraction of sp³-hybridized carbons (Fsp3) is 0.357. The van der Waals surface area contributed by atoms with Gasteiger partial charge in [0, 0.05) is 23.9 Å². The van der Waals surface area contributed by atoms with Crippen LogP contribution in [0.3, 0.4) is 0 Å². The second-order valence-corrected chi connectivity index (χ2v) is 4.14. The minimum absolute atomic E-state index is 0.115. The second-order valence-electron chi connectivity index (χ2n) is 4.14. The van der Waals surface area contributed by atoms with Gasteiger partial charge >= 0.3 is 0 Å². The molecule has 0 unspecified atom stereocenters. The van der Waals surface area contributed by atoms with Gasteiger partial charge in [0.25, 0.3) is 0 Å². The molecule has 88 valence electrons. The van der Waals surface area contributed by atoms with Gasteiger partial charge in [0.1, 0.15) is 0 Å². The van der Waals surface area contributed by atoms with Crippen LogP contribution in [0.2, 0.25) is 0 Å². The zero-order valence-corrected chi connectivity index (χ0v) is 10.2. The number of hydrogen-bond donors (Lipinski definition) is 0. The first-order chi connectivity index (χ1) is 8.26. The molecular formula is C14H16N2O. The number of benzene rings is 1. The highest BCUT2D eigenvalue weighted by atomic mass is 16.1. The summed E-state index contributed by atoms with van der Waals surface area (Å²) >= 11 is 0. The molecule has 3 heteroatoms. The summed E-state index contributed by atoms with van der Waals surface area (Å²) in [6, 6.07) is 5.54. The van der Waals surface area contributed by atoms with E-state index in [9.17, 15) is 4.79 Å². The Morgan fingerprint density at radius 2 is 1.76 bits per heavy atom. The van der Waals surface area contributed by atoms with E-state index in [1.807, 2.05) is 32.0 Å². The van der Waals surface area contributed by atoms with Crippen LogP contribution < -0.4 is 0 Å². The van der Waals surface area contributed by atoms with E-state index in [1.165, 1.54) is 0 Å². The first-order valence-corrected chi connectivity index (χ1v) is 6.01. The lowest BCUT2D eigenvalue weighted by atomic mass is 9.93. The van der Waals surface area contributed by atoms with Crippen LogP contribution in [0.4, 0.5) is 0 Å². The number of rotatable bonds is 4. The van der Waals surface area contributed by atoms with Gasteiger partial charge in [-0.15, -0.1) is 0 Å². The molecule has 0 aliphatic carbocycles. The number of Topliss-reactive ketones (excluding diaryl/α,β-unsaturated/α-hetero) is 1. The Kier molecular flexibility index (Phi) is 3.47. The van der Waals surface area contributed by atoms with E-state index in [0.717, 1.165) is 29.4 Å². The summed E-state index contributed by atoms with van der Waals surface area (Å²) in [4.78, 5) is 20.6. The molecule has 1 heterocycles. The van der Waals surface area contributed by atoms with Crippen molar-refractivity contribution in [1.82, 2.24) is 9.97 Å². The molecule has 17 heavy (non-hydrogen) atoms. The van der Waals surface area contributed by atoms with E-state index in [4.69, 9.17) is 0 Å². The number of hydrogen-bond acceptors (Lipinski definition) is 3. The molecule has 0 aliphatic rings. The van der Waals surface area contributed by atoms with Gasteiger partial charge in [0.05, 0.1) is 11.0 Å². The molecule has 0 spiro atoms. The van der Waals surface area contributed by atoms with Gasteiger partial charge < -0.3 is 0 Å². The Balaban J connectivity index is 2.39. The van der Waals surface area contributed by atoms with Crippen molar-refractivity contribution in [2.45, 2.75) is 26.7 Å². The lowest BCUT2D eigenvalue weighted by Crippen LogP contribution is -2.12. The van der Waals surface area contributed by atoms with Crippen LogP contribution in [0.5, 0.6) is 0 Å². The summed E-state index contributed by atoms with van der Waals surface area (Å²) < 4.78 is 0. The number of aromatic nitrogens is 2. The standard InChI is InChI=1S/C14H16N2O/c1-3-10(4-2)14(17)11-5-6-12-13(9-11)16-8-7-15-12/h5-10H,3-4H2,1-2H3. The van der Waals surface area contributed by atoms with Gasteiger partial charge in [-0.1, -0.05) is 13.8 Å². The van der Waals surface area contributed by atoms with E-state index in [-0.39, 0.29) is 11.7 Å². The molecule has 0 fully saturated rings. The molecule has 2 aromatic rings. The fourth-order valence-corrected chi connectivity index (χ4v) is 2.01. The number of carbonyl (C=O) groups is 1. The fourth-order valence-electron chi connectivity index (χ4n) is 2.01. The topological polar surface area (TPSA) is 42.9 Å². The first-order valence-electron chi connectivity index (χ1n) is 6.01. The van der Waals surface area contributed by atoms with Crippen LogP contribution in [0, 0.1) is 5.92 Å². The Hall–Kier alpha value is -1.77. The number of nitrogens with zero attached hydrogens (tertiary/aromatic N) is 2. The third-order valence-electron chi connectivity index (χ3n) is 3.11. The predicted octanol–water partition coefficient (Wildman–Crippen LogP) is 3.25. The molecule has 0 saturated carbocycles. The van der Waals surface area contributed by atoms with Gasteiger partial charge in [-0.25, -0.2) is 0 Å². The number of ketones is 1. The molecule has 1 aromatic carbocycles. The van der Waals surface area contributed by atoms with Crippen LogP contribution >= 0.6 is 0 Å². The molecule has 0 aliphatic heterocycles. The van der Waals surface area contributed by atoms with Crippen molar-refractivity contribution in [3.05, 3.63) is 36.2 Å². The van der Waals surface area contributed by atoms with Gasteiger partial charge in [-0.3, -0.25) is 14.8 Å². The minimum atomic E-state index is 0.115. The summed E-state index contributed by atoms with van der Waals surface area (Å²) in [7, 11) is 0. The molecule has 1 aromatic heterocycles. The zero-order valence-electron chi connectivity index (χ0n) is 10.2. The van der Waals surface area contributed by atoms with Crippen molar-refractivity contribution in [1.29, 1.82) is 0 Å². The second kappa shape index (κ2) is 5.04. The highest BCUT2D eigenvalue weighted by Gasteiger charge is 2.16. The van der Waals surface area contributed by atoms with Crippen LogP contribution in [0.25, 0.3) is 11.0 Å². The quantitative estimate of drug-likeness (QED) is 0.754. The normalized spacial score (nSPS) is 11.0. The maximum Gasteiger partial charge on any atom is 0.165 e. The third kappa shape index (κ3) is 2.33. The highest BCUT2D eigenvalue weighted by Crippen LogP contribution is 2.18. The smallest absolute Gasteiger partial charge is 0.165 e. The van der Waals surface area contributed by atoms with Crippen molar-refractivity contribution in [2.75, 3.05) is 0 Å². The van der Waals surface area contributed by atoms with E-state index < -0.39 is 0 Å². The molecule has 3 nitrogen and oxygen atoms in total. The van der Waals surface area contributed by atoms with Crippen molar-refractivity contribution < 1.29 is 4.79 Å². The Morgan fingerprint density at radius 1 is 1.12 bits per heavy atom. The maximum atomic E-state index is 12.2. The van der Waals surface area contributed by atoms with Crippen molar-refractivity contribution >= 4 is 16.8 Å². The summed E-state index contributed by atoms with van der Waals surface area (Å²) in [5, 5.41) is 0. The van der Waals surface area contributed by atoms with E-state index in [2.05, 4.69) is 9.97 Å². The minimum Gasteiger partial charge on any atom is -0.294 e. The van der Waals surface area contributed by atoms with E-state index >= 15 is 0 Å². The molecule has 2 rings (SSSR count). The van der Waals surface area contributed by atoms with Gasteiger partial charge in [-0.05, 0) is 31.0 Å². The highest BCUT2D eigenvalue weighted by molar-refractivity contribution is 6.00. The van der Waals surface area contributed by atoms with Crippen molar-refractivity contribution in [3.8, 4) is 0 Å². The lowest BCUT2D eigenvalue weighted by Gasteiger charge is -2.11. The summed E-state index contributed by atoms with van der Waals surface area (Å²) in [5.74, 6) is 0.326. The summed E-state index contributed by atoms with van der Waals surface area (Å²) in [6.07, 6.45) is 5.07. The third-order valence-corrected chi connectivity index (χ3v) is 3.11. The molecule has 0 atom stereocenters. The van der Waals surface area contributed by atoms with E-state index in [1.54, 1.807) is 12.4 Å². The SMILES string of the molecule is CCC(CC)C(=O)c1ccc2nccnc2c1. The molecule has 0 saturated heterocycles. The first kappa shape index (κ1) is 11.7. The summed E-state index contributed by atoms with van der Waals surface area (Å²) in [6.45, 7) is 4.10. The molecule has 0 bridgehead atoms. The molecule has 0 radical (unpaired) electrons. The Labute approximate surface area is 101 Å². The summed E-state index contributed by atoms with van der Waals surface area (Å²) in [5.41, 5.74) is 2.35. The van der Waals surface area contributed by atoms with Gasteiger partial charge in [0.15, 0.2) is 5.78 Å². The van der Waals surface area contributed by atoms with Crippen molar-refractivity contribution in [2.24, 2.45) is 5.92 Å². The lowest BCUT2D eigenvalue weighted by molar-refractivity contribution is 0.0913. The number of fused-ring (bicyclic) bond motifs is 1. The largest absolute Gasteiger partial charge is 0.294 e. The molecule has 0 N–H and O–H groups in total. The molecular weight excluding hydrogens is 212 g/mol. The monoisotopic (exact) mass is 228 g/mol. The average molecular weight is 228 g/mol. The average Bonchev–Trinajstić information content (AvgIpc) is 2.39.